The van der Waals surface area contributed by atoms with Gasteiger partial charge in [0.25, 0.3) is 10.1 Å². The summed E-state index contributed by atoms with van der Waals surface area (Å²) in [6, 6.07) is 0. The maximum absolute atomic E-state index is 11.9. The molecule has 0 aromatic rings. The van der Waals surface area contributed by atoms with E-state index >= 15 is 0 Å². The van der Waals surface area contributed by atoms with E-state index in [2.05, 4.69) is 6.92 Å². The summed E-state index contributed by atoms with van der Waals surface area (Å²) >= 11 is 0. The third-order valence-electron chi connectivity index (χ3n) is 5.49. The van der Waals surface area contributed by atoms with Gasteiger partial charge in [0.05, 0.1) is 6.61 Å². The van der Waals surface area contributed by atoms with Crippen LogP contribution in [0.2, 0.25) is 0 Å². The molecule has 1 aliphatic heterocycles. The molecule has 0 unspecified atom stereocenters. The number of aliphatic hydroxyl groups excluding tert-OH is 4. The molecule has 0 aromatic carbocycles. The SMILES string of the molecule is CCCCCCCCCCCC(=O)OC[C@H](CO)O[C@@H]1O[C@H](CS(=O)(=O)O)[C@@H](O)[C@H](O)[C@H]1O. The molecule has 1 saturated heterocycles. The fraction of sp³-hybridized carbons (Fsp3) is 0.952. The van der Waals surface area contributed by atoms with E-state index in [4.69, 9.17) is 18.8 Å². The van der Waals surface area contributed by atoms with E-state index in [1.54, 1.807) is 0 Å². The Morgan fingerprint density at radius 1 is 0.939 bits per heavy atom. The van der Waals surface area contributed by atoms with E-state index in [-0.39, 0.29) is 13.0 Å². The van der Waals surface area contributed by atoms with Crippen LogP contribution in [0.5, 0.6) is 0 Å². The van der Waals surface area contributed by atoms with Gasteiger partial charge < -0.3 is 34.6 Å². The van der Waals surface area contributed by atoms with Crippen molar-refractivity contribution in [1.29, 1.82) is 0 Å². The number of hydrogen-bond acceptors (Lipinski definition) is 10. The van der Waals surface area contributed by atoms with Crippen LogP contribution < -0.4 is 0 Å². The zero-order valence-corrected chi connectivity index (χ0v) is 20.1. The number of hydrogen-bond donors (Lipinski definition) is 5. The van der Waals surface area contributed by atoms with Crippen LogP contribution in [0.4, 0.5) is 0 Å². The largest absolute Gasteiger partial charge is 0.463 e. The van der Waals surface area contributed by atoms with Gasteiger partial charge in [-0.3, -0.25) is 9.35 Å². The van der Waals surface area contributed by atoms with Crippen molar-refractivity contribution < 1.29 is 52.4 Å². The monoisotopic (exact) mass is 500 g/mol. The molecule has 1 fully saturated rings. The second-order valence-electron chi connectivity index (χ2n) is 8.47. The summed E-state index contributed by atoms with van der Waals surface area (Å²) in [7, 11) is -4.55. The maximum Gasteiger partial charge on any atom is 0.305 e. The van der Waals surface area contributed by atoms with Gasteiger partial charge in [-0.2, -0.15) is 8.42 Å². The Balaban J connectivity index is 2.35. The molecule has 0 radical (unpaired) electrons. The van der Waals surface area contributed by atoms with Crippen LogP contribution in [0, 0.1) is 0 Å². The highest BCUT2D eigenvalue weighted by molar-refractivity contribution is 7.85. The molecule has 1 heterocycles. The first-order chi connectivity index (χ1) is 15.6. The van der Waals surface area contributed by atoms with E-state index in [1.807, 2.05) is 0 Å². The van der Waals surface area contributed by atoms with Crippen molar-refractivity contribution in [3.8, 4) is 0 Å². The highest BCUT2D eigenvalue weighted by Crippen LogP contribution is 2.24. The van der Waals surface area contributed by atoms with Crippen molar-refractivity contribution in [2.45, 2.75) is 108 Å². The zero-order chi connectivity index (χ0) is 24.9. The van der Waals surface area contributed by atoms with Crippen molar-refractivity contribution in [1.82, 2.24) is 0 Å². The van der Waals surface area contributed by atoms with Crippen LogP contribution in [0.3, 0.4) is 0 Å². The van der Waals surface area contributed by atoms with E-state index in [9.17, 15) is 33.6 Å². The lowest BCUT2D eigenvalue weighted by Gasteiger charge is -2.40. The number of carbonyl (C=O) groups excluding carboxylic acids is 1. The Morgan fingerprint density at radius 2 is 1.52 bits per heavy atom. The number of carbonyl (C=O) groups is 1. The number of aliphatic hydroxyl groups is 4. The van der Waals surface area contributed by atoms with Gasteiger partial charge in [-0.05, 0) is 6.42 Å². The Bertz CT molecular complexity index is 642. The highest BCUT2D eigenvalue weighted by atomic mass is 32.2. The van der Waals surface area contributed by atoms with Crippen LogP contribution in [0.1, 0.15) is 71.1 Å². The van der Waals surface area contributed by atoms with Gasteiger partial charge in [-0.25, -0.2) is 0 Å². The van der Waals surface area contributed by atoms with Crippen LogP contribution in [-0.4, -0.2) is 95.1 Å². The van der Waals surface area contributed by atoms with E-state index in [1.165, 1.54) is 32.1 Å². The summed E-state index contributed by atoms with van der Waals surface area (Å²) in [6.07, 6.45) is 0.531. The minimum atomic E-state index is -4.55. The average molecular weight is 501 g/mol. The molecule has 0 saturated carbocycles. The first-order valence-corrected chi connectivity index (χ1v) is 13.3. The van der Waals surface area contributed by atoms with E-state index in [0.717, 1.165) is 19.3 Å². The predicted octanol–water partition coefficient (Wildman–Crippen LogP) is 0.523. The lowest BCUT2D eigenvalue weighted by atomic mass is 10.00. The summed E-state index contributed by atoms with van der Waals surface area (Å²) in [5, 5.41) is 39.3. The van der Waals surface area contributed by atoms with Gasteiger partial charge in [0, 0.05) is 6.42 Å². The van der Waals surface area contributed by atoms with Gasteiger partial charge in [0.1, 0.15) is 42.9 Å². The number of esters is 1. The second-order valence-corrected chi connectivity index (χ2v) is 9.96. The molecule has 0 spiro atoms. The molecule has 6 atom stereocenters. The molecule has 5 N–H and O–H groups in total. The standard InChI is InChI=1S/C21H40O11S/c1-2-3-4-5-6-7-8-9-10-11-17(23)30-13-15(12-22)31-21-20(26)19(25)18(24)16(32-21)14-33(27,28)29/h15-16,18-22,24-26H,2-14H2,1H3,(H,27,28,29)/t15-,16+,18+,19-,20+,21+/m0/s1. The fourth-order valence-electron chi connectivity index (χ4n) is 3.54. The van der Waals surface area contributed by atoms with Crippen molar-refractivity contribution in [2.75, 3.05) is 19.0 Å². The molecule has 196 valence electrons. The molecule has 1 aliphatic rings. The lowest BCUT2D eigenvalue weighted by Crippen LogP contribution is -2.60. The number of unbranched alkanes of at least 4 members (excludes halogenated alkanes) is 8. The van der Waals surface area contributed by atoms with Crippen molar-refractivity contribution in [3.63, 3.8) is 0 Å². The average Bonchev–Trinajstić information content (AvgIpc) is 2.75. The number of rotatable bonds is 17. The fourth-order valence-corrected chi connectivity index (χ4v) is 4.23. The third kappa shape index (κ3) is 12.4. The van der Waals surface area contributed by atoms with Gasteiger partial charge >= 0.3 is 5.97 Å². The molecule has 11 nitrogen and oxygen atoms in total. The van der Waals surface area contributed by atoms with Crippen molar-refractivity contribution >= 4 is 16.1 Å². The molecule has 12 heteroatoms. The van der Waals surface area contributed by atoms with E-state index < -0.39 is 65.3 Å². The maximum atomic E-state index is 11.9. The predicted molar refractivity (Wildman–Crippen MR) is 118 cm³/mol. The Labute approximate surface area is 195 Å². The topological polar surface area (TPSA) is 180 Å². The first kappa shape index (κ1) is 30.2. The van der Waals surface area contributed by atoms with Crippen molar-refractivity contribution in [2.24, 2.45) is 0 Å². The number of ether oxygens (including phenoxy) is 3. The van der Waals surface area contributed by atoms with Crippen LogP contribution >= 0.6 is 0 Å². The molecule has 1 rings (SSSR count). The Kier molecular flexibility index (Phi) is 14.6. The van der Waals surface area contributed by atoms with Gasteiger partial charge in [0.15, 0.2) is 6.29 Å². The molecule has 33 heavy (non-hydrogen) atoms. The Hall–Kier alpha value is -0.860. The molecule has 0 amide bonds. The minimum absolute atomic E-state index is 0.220. The van der Waals surface area contributed by atoms with Crippen LogP contribution in [0.25, 0.3) is 0 Å². The molecule has 0 aromatic heterocycles. The summed E-state index contributed by atoms with van der Waals surface area (Å²) in [5.74, 6) is -1.50. The van der Waals surface area contributed by atoms with Gasteiger partial charge in [0.2, 0.25) is 0 Å². The molecule has 0 bridgehead atoms. The van der Waals surface area contributed by atoms with E-state index in [0.29, 0.717) is 6.42 Å². The smallest absolute Gasteiger partial charge is 0.305 e. The normalized spacial score (nSPS) is 26.8. The van der Waals surface area contributed by atoms with Gasteiger partial charge in [-0.15, -0.1) is 0 Å². The lowest BCUT2D eigenvalue weighted by molar-refractivity contribution is -0.307. The van der Waals surface area contributed by atoms with Crippen LogP contribution in [0.15, 0.2) is 0 Å². The zero-order valence-electron chi connectivity index (χ0n) is 19.3. The second kappa shape index (κ2) is 15.9. The third-order valence-corrected chi connectivity index (χ3v) is 6.24. The van der Waals surface area contributed by atoms with Gasteiger partial charge in [-0.1, -0.05) is 58.3 Å². The van der Waals surface area contributed by atoms with Crippen molar-refractivity contribution in [3.05, 3.63) is 0 Å². The summed E-state index contributed by atoms with van der Waals surface area (Å²) in [6.45, 7) is 1.22. The summed E-state index contributed by atoms with van der Waals surface area (Å²) in [4.78, 5) is 11.9. The van der Waals surface area contributed by atoms with Crippen LogP contribution in [-0.2, 0) is 29.1 Å². The molecular weight excluding hydrogens is 460 g/mol. The first-order valence-electron chi connectivity index (χ1n) is 11.7. The molecule has 0 aliphatic carbocycles. The summed E-state index contributed by atoms with van der Waals surface area (Å²) < 4.78 is 46.7. The molecular formula is C21H40O11S. The quantitative estimate of drug-likeness (QED) is 0.107. The highest BCUT2D eigenvalue weighted by Gasteiger charge is 2.46. The minimum Gasteiger partial charge on any atom is -0.463 e. The summed E-state index contributed by atoms with van der Waals surface area (Å²) in [5.41, 5.74) is 0. The Morgan fingerprint density at radius 3 is 2.06 bits per heavy atom.